The number of nitrogens with two attached hydrogens (primary N) is 1. The molecule has 0 rings (SSSR count). The lowest BCUT2D eigenvalue weighted by atomic mass is 10.1. The van der Waals surface area contributed by atoms with E-state index >= 15 is 0 Å². The van der Waals surface area contributed by atoms with Crippen LogP contribution in [0, 0.1) is 5.92 Å². The Balaban J connectivity index is 3.95. The highest BCUT2D eigenvalue weighted by molar-refractivity contribution is 7.91. The van der Waals surface area contributed by atoms with E-state index in [1.165, 1.54) is 0 Å². The fraction of sp³-hybridized carbons (Fsp3) is 1.00. The van der Waals surface area contributed by atoms with Crippen LogP contribution in [-0.2, 0) is 9.84 Å². The van der Waals surface area contributed by atoms with Crippen LogP contribution in [0.3, 0.4) is 0 Å². The standard InChI is InChI=1S/C10H23NO2S/c1-4-5-9(2)8-14(12,13)7-6-10(3)11/h9-10H,4-8,11H2,1-3H3. The quantitative estimate of drug-likeness (QED) is 0.710. The molecule has 0 aromatic heterocycles. The molecule has 0 heterocycles. The third kappa shape index (κ3) is 7.33. The lowest BCUT2D eigenvalue weighted by Gasteiger charge is -2.11. The van der Waals surface area contributed by atoms with Crippen molar-refractivity contribution in [2.24, 2.45) is 11.7 Å². The highest BCUT2D eigenvalue weighted by atomic mass is 32.2. The zero-order valence-corrected chi connectivity index (χ0v) is 10.3. The molecule has 3 nitrogen and oxygen atoms in total. The molecule has 2 atom stereocenters. The number of sulfone groups is 1. The topological polar surface area (TPSA) is 60.2 Å². The minimum absolute atomic E-state index is 0.0220. The summed E-state index contributed by atoms with van der Waals surface area (Å²) in [6.45, 7) is 5.91. The van der Waals surface area contributed by atoms with Gasteiger partial charge >= 0.3 is 0 Å². The Morgan fingerprint density at radius 1 is 1.21 bits per heavy atom. The number of rotatable bonds is 7. The van der Waals surface area contributed by atoms with Gasteiger partial charge in [0.05, 0.1) is 11.5 Å². The summed E-state index contributed by atoms with van der Waals surface area (Å²) in [7, 11) is -2.88. The zero-order chi connectivity index (χ0) is 11.2. The highest BCUT2D eigenvalue weighted by Crippen LogP contribution is 2.10. The van der Waals surface area contributed by atoms with E-state index in [4.69, 9.17) is 5.73 Å². The van der Waals surface area contributed by atoms with Crippen molar-refractivity contribution in [2.75, 3.05) is 11.5 Å². The van der Waals surface area contributed by atoms with Crippen LogP contribution < -0.4 is 5.73 Å². The van der Waals surface area contributed by atoms with Crippen molar-refractivity contribution in [1.82, 2.24) is 0 Å². The third-order valence-corrected chi connectivity index (χ3v) is 4.14. The van der Waals surface area contributed by atoms with E-state index in [2.05, 4.69) is 6.92 Å². The lowest BCUT2D eigenvalue weighted by Crippen LogP contribution is -2.23. The Hall–Kier alpha value is -0.0900. The molecule has 2 N–H and O–H groups in total. The van der Waals surface area contributed by atoms with Crippen LogP contribution in [0.15, 0.2) is 0 Å². The van der Waals surface area contributed by atoms with E-state index in [0.29, 0.717) is 12.2 Å². The summed E-state index contributed by atoms with van der Waals surface area (Å²) in [5.41, 5.74) is 5.52. The molecule has 0 fully saturated rings. The molecule has 0 bridgehead atoms. The minimum Gasteiger partial charge on any atom is -0.328 e. The van der Waals surface area contributed by atoms with Crippen LogP contribution in [-0.4, -0.2) is 26.0 Å². The van der Waals surface area contributed by atoms with Gasteiger partial charge in [-0.25, -0.2) is 8.42 Å². The Morgan fingerprint density at radius 3 is 2.21 bits per heavy atom. The fourth-order valence-electron chi connectivity index (χ4n) is 1.46. The van der Waals surface area contributed by atoms with Gasteiger partial charge in [-0.2, -0.15) is 0 Å². The van der Waals surface area contributed by atoms with Gasteiger partial charge in [-0.05, 0) is 19.3 Å². The Kier molecular flexibility index (Phi) is 6.36. The average molecular weight is 221 g/mol. The maximum absolute atomic E-state index is 11.6. The maximum atomic E-state index is 11.6. The van der Waals surface area contributed by atoms with Crippen LogP contribution >= 0.6 is 0 Å². The molecule has 0 spiro atoms. The molecule has 4 heteroatoms. The molecule has 0 radical (unpaired) electrons. The van der Waals surface area contributed by atoms with Crippen LogP contribution in [0.4, 0.5) is 0 Å². The van der Waals surface area contributed by atoms with Gasteiger partial charge in [0.2, 0.25) is 0 Å². The summed E-state index contributed by atoms with van der Waals surface area (Å²) < 4.78 is 23.1. The molecule has 14 heavy (non-hydrogen) atoms. The second-order valence-electron chi connectivity index (χ2n) is 4.27. The predicted molar refractivity (Wildman–Crippen MR) is 61.0 cm³/mol. The number of hydrogen-bond acceptors (Lipinski definition) is 3. The highest BCUT2D eigenvalue weighted by Gasteiger charge is 2.15. The van der Waals surface area contributed by atoms with Gasteiger partial charge in [0.15, 0.2) is 9.84 Å². The first-order valence-electron chi connectivity index (χ1n) is 5.33. The smallest absolute Gasteiger partial charge is 0.150 e. The van der Waals surface area contributed by atoms with Crippen LogP contribution in [0.25, 0.3) is 0 Å². The van der Waals surface area contributed by atoms with Crippen LogP contribution in [0.1, 0.15) is 40.0 Å². The molecule has 0 aliphatic carbocycles. The predicted octanol–water partition coefficient (Wildman–Crippen LogP) is 1.57. The minimum atomic E-state index is -2.88. The first-order chi connectivity index (χ1) is 6.37. The van der Waals surface area contributed by atoms with Gasteiger partial charge in [0, 0.05) is 6.04 Å². The molecule has 2 unspecified atom stereocenters. The molecule has 0 aliphatic rings. The maximum Gasteiger partial charge on any atom is 0.150 e. The summed E-state index contributed by atoms with van der Waals surface area (Å²) in [4.78, 5) is 0. The lowest BCUT2D eigenvalue weighted by molar-refractivity contribution is 0.541. The first kappa shape index (κ1) is 13.9. The van der Waals surface area contributed by atoms with Crippen molar-refractivity contribution in [1.29, 1.82) is 0 Å². The van der Waals surface area contributed by atoms with Crippen molar-refractivity contribution >= 4 is 9.84 Å². The first-order valence-corrected chi connectivity index (χ1v) is 7.15. The van der Waals surface area contributed by atoms with Crippen molar-refractivity contribution in [3.8, 4) is 0 Å². The summed E-state index contributed by atoms with van der Waals surface area (Å²) in [5.74, 6) is 0.824. The molecular weight excluding hydrogens is 198 g/mol. The molecule has 0 amide bonds. The van der Waals surface area contributed by atoms with Gasteiger partial charge in [-0.1, -0.05) is 26.7 Å². The van der Waals surface area contributed by atoms with Crippen LogP contribution in [0.2, 0.25) is 0 Å². The van der Waals surface area contributed by atoms with E-state index in [9.17, 15) is 8.42 Å². The largest absolute Gasteiger partial charge is 0.328 e. The van der Waals surface area contributed by atoms with E-state index in [-0.39, 0.29) is 17.7 Å². The Bertz CT molecular complexity index is 235. The summed E-state index contributed by atoms with van der Waals surface area (Å²) in [5, 5.41) is 0. The second-order valence-corrected chi connectivity index (χ2v) is 6.50. The molecule has 0 saturated heterocycles. The van der Waals surface area contributed by atoms with E-state index in [1.54, 1.807) is 0 Å². The third-order valence-electron chi connectivity index (χ3n) is 2.20. The molecule has 0 saturated carbocycles. The molecule has 0 aromatic rings. The Morgan fingerprint density at radius 2 is 1.79 bits per heavy atom. The molecule has 0 aliphatic heterocycles. The SMILES string of the molecule is CCCC(C)CS(=O)(=O)CCC(C)N. The summed E-state index contributed by atoms with van der Waals surface area (Å²) in [6.07, 6.45) is 2.60. The van der Waals surface area contributed by atoms with Gasteiger partial charge in [0.1, 0.15) is 0 Å². The average Bonchev–Trinajstić information content (AvgIpc) is 2.00. The van der Waals surface area contributed by atoms with Crippen molar-refractivity contribution in [2.45, 2.75) is 46.1 Å². The van der Waals surface area contributed by atoms with Gasteiger partial charge in [-0.15, -0.1) is 0 Å². The van der Waals surface area contributed by atoms with Crippen LogP contribution in [0.5, 0.6) is 0 Å². The fourth-order valence-corrected chi connectivity index (χ4v) is 3.39. The zero-order valence-electron chi connectivity index (χ0n) is 9.49. The Labute approximate surface area is 88.0 Å². The molecular formula is C10H23NO2S. The summed E-state index contributed by atoms with van der Waals surface area (Å²) in [6, 6.07) is -0.0220. The second kappa shape index (κ2) is 6.40. The van der Waals surface area contributed by atoms with Gasteiger partial charge < -0.3 is 5.73 Å². The van der Waals surface area contributed by atoms with E-state index < -0.39 is 9.84 Å². The van der Waals surface area contributed by atoms with Gasteiger partial charge in [-0.3, -0.25) is 0 Å². The monoisotopic (exact) mass is 221 g/mol. The normalized spacial score (nSPS) is 16.6. The van der Waals surface area contributed by atoms with Crippen molar-refractivity contribution in [3.05, 3.63) is 0 Å². The summed E-state index contributed by atoms with van der Waals surface area (Å²) >= 11 is 0. The number of hydrogen-bond donors (Lipinski definition) is 1. The van der Waals surface area contributed by atoms with Crippen molar-refractivity contribution in [3.63, 3.8) is 0 Å². The molecule has 0 aromatic carbocycles. The van der Waals surface area contributed by atoms with E-state index in [1.807, 2.05) is 13.8 Å². The van der Waals surface area contributed by atoms with Gasteiger partial charge in [0.25, 0.3) is 0 Å². The molecule has 86 valence electrons. The van der Waals surface area contributed by atoms with Crippen molar-refractivity contribution < 1.29 is 8.42 Å². The van der Waals surface area contributed by atoms with E-state index in [0.717, 1.165) is 12.8 Å².